The van der Waals surface area contributed by atoms with Gasteiger partial charge < -0.3 is 9.47 Å². The summed E-state index contributed by atoms with van der Waals surface area (Å²) < 4.78 is 12.3. The van der Waals surface area contributed by atoms with E-state index in [9.17, 15) is 19.2 Å². The molecule has 0 radical (unpaired) electrons. The summed E-state index contributed by atoms with van der Waals surface area (Å²) in [5.41, 5.74) is -2.45. The number of hydrogen-bond acceptors (Lipinski definition) is 9. The largest absolute Gasteiger partial charge is 0.442 e. The molecule has 12 nitrogen and oxygen atoms in total. The number of hydrogen-bond donors (Lipinski definition) is 1. The zero-order valence-electron chi connectivity index (χ0n) is 18.0. The molecule has 34 heavy (non-hydrogen) atoms. The summed E-state index contributed by atoms with van der Waals surface area (Å²) in [6, 6.07) is 5.53. The van der Waals surface area contributed by atoms with Crippen molar-refractivity contribution in [3.63, 3.8) is 0 Å². The van der Waals surface area contributed by atoms with Gasteiger partial charge in [0, 0.05) is 18.6 Å². The number of H-pyrrole nitrogens is 1. The van der Waals surface area contributed by atoms with Crippen LogP contribution in [0.3, 0.4) is 0 Å². The third-order valence-electron chi connectivity index (χ3n) is 4.36. The van der Waals surface area contributed by atoms with Gasteiger partial charge in [-0.3, -0.25) is 19.4 Å². The van der Waals surface area contributed by atoms with Gasteiger partial charge in [-0.25, -0.2) is 4.79 Å². The van der Waals surface area contributed by atoms with Crippen molar-refractivity contribution in [2.24, 2.45) is 0 Å². The lowest BCUT2D eigenvalue weighted by atomic mass is 10.1. The maximum Gasteiger partial charge on any atom is 0.349 e. The van der Waals surface area contributed by atoms with E-state index in [1.54, 1.807) is 19.9 Å². The highest BCUT2D eigenvalue weighted by atomic mass is 35.5. The van der Waals surface area contributed by atoms with Gasteiger partial charge >= 0.3 is 11.7 Å². The number of nitrogens with one attached hydrogen (secondary N) is 1. The zero-order chi connectivity index (χ0) is 25.2. The van der Waals surface area contributed by atoms with Crippen molar-refractivity contribution in [1.82, 2.24) is 24.5 Å². The number of ether oxygens (including phenoxy) is 2. The molecular weight excluding hydrogens is 491 g/mol. The molecule has 2 aromatic heterocycles. The highest BCUT2D eigenvalue weighted by Crippen LogP contribution is 2.37. The van der Waals surface area contributed by atoms with Crippen LogP contribution in [0.2, 0.25) is 10.0 Å². The Balaban J connectivity index is 2.06. The first-order valence-electron chi connectivity index (χ1n) is 9.58. The van der Waals surface area contributed by atoms with Crippen LogP contribution >= 0.6 is 23.2 Å². The number of aromatic amines is 1. The molecule has 0 unspecified atom stereocenters. The first kappa shape index (κ1) is 24.7. The highest BCUT2D eigenvalue weighted by molar-refractivity contribution is 6.37. The second-order valence-corrected chi connectivity index (χ2v) is 7.95. The Morgan fingerprint density at radius 3 is 2.38 bits per heavy atom. The van der Waals surface area contributed by atoms with Crippen molar-refractivity contribution >= 4 is 29.2 Å². The van der Waals surface area contributed by atoms with Crippen molar-refractivity contribution in [2.75, 3.05) is 0 Å². The lowest BCUT2D eigenvalue weighted by Crippen LogP contribution is -2.33. The van der Waals surface area contributed by atoms with E-state index in [1.165, 1.54) is 25.1 Å². The average molecular weight is 507 g/mol. The van der Waals surface area contributed by atoms with Crippen LogP contribution in [0.15, 0.2) is 32.6 Å². The van der Waals surface area contributed by atoms with E-state index < -0.39 is 35.2 Å². The fourth-order valence-electron chi connectivity index (χ4n) is 2.76. The molecule has 0 atom stereocenters. The third kappa shape index (κ3) is 5.16. The van der Waals surface area contributed by atoms with Crippen LogP contribution in [-0.4, -0.2) is 30.5 Å². The third-order valence-corrected chi connectivity index (χ3v) is 4.92. The number of benzene rings is 1. The van der Waals surface area contributed by atoms with E-state index in [0.717, 1.165) is 9.36 Å². The van der Waals surface area contributed by atoms with Crippen LogP contribution in [0.5, 0.6) is 11.6 Å². The summed E-state index contributed by atoms with van der Waals surface area (Å²) in [7, 11) is 0. The molecule has 0 saturated heterocycles. The minimum atomic E-state index is -0.934. The van der Waals surface area contributed by atoms with Crippen molar-refractivity contribution < 1.29 is 14.3 Å². The monoisotopic (exact) mass is 506 g/mol. The topological polar surface area (TPSA) is 162 Å². The Morgan fingerprint density at radius 1 is 1.18 bits per heavy atom. The number of carbonyl (C=O) groups is 1. The van der Waals surface area contributed by atoms with Gasteiger partial charge in [0.2, 0.25) is 11.6 Å². The van der Waals surface area contributed by atoms with Crippen molar-refractivity contribution in [2.45, 2.75) is 33.4 Å². The van der Waals surface area contributed by atoms with Crippen molar-refractivity contribution in [3.05, 3.63) is 70.7 Å². The van der Waals surface area contributed by atoms with Crippen LogP contribution in [0.1, 0.15) is 37.9 Å². The van der Waals surface area contributed by atoms with E-state index in [-0.39, 0.29) is 33.3 Å². The Bertz CT molecular complexity index is 1480. The molecule has 176 valence electrons. The molecule has 0 aliphatic rings. The summed E-state index contributed by atoms with van der Waals surface area (Å²) in [4.78, 5) is 49.4. The molecule has 2 heterocycles. The van der Waals surface area contributed by atoms with Gasteiger partial charge in [0.05, 0.1) is 15.7 Å². The first-order valence-corrected chi connectivity index (χ1v) is 10.3. The molecule has 3 rings (SSSR count). The molecule has 0 spiro atoms. The standard InChI is InChI=1S/C20H16Cl2N6O6/c1-9(2)12-6-16(26-27(19(12)31)8-33-10(3)29)34-17-13(21)4-11(5-14(17)22)28-20(32)24-18(30)15(7-23)25-28/h4-6,9H,8H2,1-3H3,(H,24,30,32). The van der Waals surface area contributed by atoms with Crippen LogP contribution in [0.25, 0.3) is 5.69 Å². The van der Waals surface area contributed by atoms with E-state index in [4.69, 9.17) is 37.9 Å². The quantitative estimate of drug-likeness (QED) is 0.493. The zero-order valence-corrected chi connectivity index (χ0v) is 19.5. The molecule has 3 aromatic rings. The van der Waals surface area contributed by atoms with Crippen LogP contribution in [0, 0.1) is 11.3 Å². The summed E-state index contributed by atoms with van der Waals surface area (Å²) in [5.74, 6) is -0.913. The number of nitrogens with zero attached hydrogens (tertiary/aromatic N) is 5. The lowest BCUT2D eigenvalue weighted by Gasteiger charge is -2.15. The second-order valence-electron chi connectivity index (χ2n) is 7.13. The SMILES string of the molecule is CC(=O)OCn1nc(Oc2c(Cl)cc(-n3nc(C#N)c(=O)[nH]c3=O)cc2Cl)cc(C(C)C)c1=O. The van der Waals surface area contributed by atoms with Gasteiger partial charge in [-0.15, -0.1) is 10.2 Å². The van der Waals surface area contributed by atoms with Gasteiger partial charge in [0.25, 0.3) is 11.1 Å². The molecule has 0 amide bonds. The Labute approximate surface area is 200 Å². The van der Waals surface area contributed by atoms with E-state index in [1.807, 2.05) is 4.98 Å². The first-order chi connectivity index (χ1) is 16.0. The van der Waals surface area contributed by atoms with Crippen LogP contribution in [0.4, 0.5) is 0 Å². The van der Waals surface area contributed by atoms with Gasteiger partial charge in [0.1, 0.15) is 6.07 Å². The predicted molar refractivity (Wildman–Crippen MR) is 120 cm³/mol. The lowest BCUT2D eigenvalue weighted by molar-refractivity contribution is -0.145. The van der Waals surface area contributed by atoms with E-state index in [0.29, 0.717) is 5.56 Å². The number of nitriles is 1. The van der Waals surface area contributed by atoms with E-state index in [2.05, 4.69) is 10.2 Å². The summed E-state index contributed by atoms with van der Waals surface area (Å²) in [6.45, 7) is 4.34. The van der Waals surface area contributed by atoms with Crippen molar-refractivity contribution in [3.8, 4) is 23.4 Å². The predicted octanol–water partition coefficient (Wildman–Crippen LogP) is 2.09. The Hall–Kier alpha value is -3.95. The van der Waals surface area contributed by atoms with E-state index >= 15 is 0 Å². The molecule has 1 aromatic carbocycles. The maximum atomic E-state index is 12.6. The Kier molecular flexibility index (Phi) is 7.19. The Morgan fingerprint density at radius 2 is 1.82 bits per heavy atom. The molecule has 0 saturated carbocycles. The minimum absolute atomic E-state index is 0.0510. The maximum absolute atomic E-state index is 12.6. The fourth-order valence-corrected chi connectivity index (χ4v) is 3.31. The molecule has 0 aliphatic carbocycles. The van der Waals surface area contributed by atoms with Crippen LogP contribution < -0.4 is 21.5 Å². The normalized spacial score (nSPS) is 10.7. The summed E-state index contributed by atoms with van der Waals surface area (Å²) >= 11 is 12.6. The average Bonchev–Trinajstić information content (AvgIpc) is 2.75. The van der Waals surface area contributed by atoms with Gasteiger partial charge in [-0.2, -0.15) is 14.6 Å². The fraction of sp³-hybridized carbons (Fsp3) is 0.250. The van der Waals surface area contributed by atoms with Crippen molar-refractivity contribution in [1.29, 1.82) is 5.26 Å². The number of rotatable bonds is 6. The summed E-state index contributed by atoms with van der Waals surface area (Å²) in [6.07, 6.45) is 0. The molecule has 0 aliphatic heterocycles. The van der Waals surface area contributed by atoms with Gasteiger partial charge in [-0.1, -0.05) is 37.0 Å². The molecule has 14 heteroatoms. The van der Waals surface area contributed by atoms with Crippen LogP contribution in [-0.2, 0) is 16.3 Å². The summed E-state index contributed by atoms with van der Waals surface area (Å²) in [5, 5.41) is 16.6. The number of carbonyl (C=O) groups excluding carboxylic acids is 1. The smallest absolute Gasteiger partial charge is 0.349 e. The number of halogens is 2. The minimum Gasteiger partial charge on any atom is -0.442 e. The molecule has 0 bridgehead atoms. The number of esters is 1. The molecule has 0 fully saturated rings. The second kappa shape index (κ2) is 9.90. The number of aromatic nitrogens is 5. The van der Waals surface area contributed by atoms with Gasteiger partial charge in [0.15, 0.2) is 12.5 Å². The molecule has 1 N–H and O–H groups in total. The molecular formula is C20H16Cl2N6O6. The van der Waals surface area contributed by atoms with Gasteiger partial charge in [-0.05, 0) is 18.1 Å². The highest BCUT2D eigenvalue weighted by Gasteiger charge is 2.18.